The molecule has 16 heavy (non-hydrogen) atoms. The van der Waals surface area contributed by atoms with Gasteiger partial charge in [-0.25, -0.2) is 9.97 Å². The van der Waals surface area contributed by atoms with E-state index < -0.39 is 0 Å². The predicted molar refractivity (Wildman–Crippen MR) is 67.4 cm³/mol. The third-order valence-electron chi connectivity index (χ3n) is 2.49. The lowest BCUT2D eigenvalue weighted by Gasteiger charge is -2.19. The second-order valence-electron chi connectivity index (χ2n) is 4.61. The van der Waals surface area contributed by atoms with Crippen molar-refractivity contribution in [3.05, 3.63) is 17.5 Å². The molecule has 0 fully saturated rings. The van der Waals surface area contributed by atoms with E-state index in [1.165, 1.54) is 0 Å². The van der Waals surface area contributed by atoms with Gasteiger partial charge in [0.2, 0.25) is 5.95 Å². The number of rotatable bonds is 5. The van der Waals surface area contributed by atoms with Crippen LogP contribution in [0.1, 0.15) is 31.7 Å². The zero-order valence-corrected chi connectivity index (χ0v) is 10.7. The topological polar surface area (TPSA) is 55.0 Å². The number of aryl methyl sites for hydroxylation is 1. The lowest BCUT2D eigenvalue weighted by atomic mass is 10.1. The van der Waals surface area contributed by atoms with Crippen LogP contribution in [0.5, 0.6) is 0 Å². The minimum absolute atomic E-state index is 0.467. The summed E-state index contributed by atoms with van der Waals surface area (Å²) >= 11 is 0. The standard InChI is InChI=1S/C12H22N4/c1-9(2)5-6-16(4)12-14-10(3)7-11(8-13)15-12/h7,9H,5-6,8,13H2,1-4H3. The van der Waals surface area contributed by atoms with Gasteiger partial charge < -0.3 is 10.6 Å². The van der Waals surface area contributed by atoms with Crippen molar-refractivity contribution in [3.63, 3.8) is 0 Å². The van der Waals surface area contributed by atoms with Crippen molar-refractivity contribution in [1.29, 1.82) is 0 Å². The maximum atomic E-state index is 5.60. The van der Waals surface area contributed by atoms with E-state index in [0.717, 1.165) is 30.3 Å². The van der Waals surface area contributed by atoms with Crippen LogP contribution >= 0.6 is 0 Å². The first-order chi connectivity index (χ1) is 7.52. The zero-order valence-electron chi connectivity index (χ0n) is 10.7. The molecule has 0 aliphatic heterocycles. The Balaban J connectivity index is 2.74. The van der Waals surface area contributed by atoms with E-state index in [2.05, 4.69) is 28.7 Å². The van der Waals surface area contributed by atoms with Crippen LogP contribution in [-0.4, -0.2) is 23.6 Å². The molecule has 0 aliphatic rings. The van der Waals surface area contributed by atoms with Crippen molar-refractivity contribution in [3.8, 4) is 0 Å². The fourth-order valence-corrected chi connectivity index (χ4v) is 1.44. The number of hydrogen-bond acceptors (Lipinski definition) is 4. The molecule has 0 aliphatic carbocycles. The Morgan fingerprint density at radius 2 is 2.06 bits per heavy atom. The van der Waals surface area contributed by atoms with E-state index in [-0.39, 0.29) is 0 Å². The average molecular weight is 222 g/mol. The molecular weight excluding hydrogens is 200 g/mol. The maximum Gasteiger partial charge on any atom is 0.225 e. The minimum atomic E-state index is 0.467. The van der Waals surface area contributed by atoms with Crippen LogP contribution in [0.2, 0.25) is 0 Å². The minimum Gasteiger partial charge on any atom is -0.344 e. The molecule has 0 saturated carbocycles. The van der Waals surface area contributed by atoms with Crippen LogP contribution in [0, 0.1) is 12.8 Å². The largest absolute Gasteiger partial charge is 0.344 e. The van der Waals surface area contributed by atoms with E-state index in [1.807, 2.05) is 20.0 Å². The van der Waals surface area contributed by atoms with E-state index in [4.69, 9.17) is 5.73 Å². The Morgan fingerprint density at radius 1 is 1.38 bits per heavy atom. The highest BCUT2D eigenvalue weighted by molar-refractivity contribution is 5.30. The summed E-state index contributed by atoms with van der Waals surface area (Å²) in [5, 5.41) is 0. The van der Waals surface area contributed by atoms with Gasteiger partial charge in [0.1, 0.15) is 0 Å². The first kappa shape index (κ1) is 12.9. The van der Waals surface area contributed by atoms with Crippen LogP contribution in [0.4, 0.5) is 5.95 Å². The summed E-state index contributed by atoms with van der Waals surface area (Å²) in [6.45, 7) is 7.85. The summed E-state index contributed by atoms with van der Waals surface area (Å²) in [4.78, 5) is 10.9. The Kier molecular flexibility index (Phi) is 4.68. The van der Waals surface area contributed by atoms with Crippen LogP contribution < -0.4 is 10.6 Å². The molecular formula is C12H22N4. The normalized spacial score (nSPS) is 10.9. The second-order valence-corrected chi connectivity index (χ2v) is 4.61. The molecule has 0 radical (unpaired) electrons. The molecule has 90 valence electrons. The number of nitrogens with zero attached hydrogens (tertiary/aromatic N) is 3. The van der Waals surface area contributed by atoms with Crippen LogP contribution in [0.15, 0.2) is 6.07 Å². The predicted octanol–water partition coefficient (Wildman–Crippen LogP) is 1.73. The summed E-state index contributed by atoms with van der Waals surface area (Å²) in [6.07, 6.45) is 1.14. The Hall–Kier alpha value is -1.16. The van der Waals surface area contributed by atoms with Crippen molar-refractivity contribution < 1.29 is 0 Å². The number of hydrogen-bond donors (Lipinski definition) is 1. The van der Waals surface area contributed by atoms with Gasteiger partial charge in [-0.3, -0.25) is 0 Å². The highest BCUT2D eigenvalue weighted by Crippen LogP contribution is 2.10. The van der Waals surface area contributed by atoms with Crippen molar-refractivity contribution >= 4 is 5.95 Å². The first-order valence-corrected chi connectivity index (χ1v) is 5.78. The number of anilines is 1. The van der Waals surface area contributed by atoms with Gasteiger partial charge in [-0.1, -0.05) is 13.8 Å². The SMILES string of the molecule is Cc1cc(CN)nc(N(C)CCC(C)C)n1. The fraction of sp³-hybridized carbons (Fsp3) is 0.667. The zero-order chi connectivity index (χ0) is 12.1. The molecule has 1 heterocycles. The average Bonchev–Trinajstić information content (AvgIpc) is 2.24. The molecule has 4 heteroatoms. The Labute approximate surface area is 97.9 Å². The molecule has 0 amide bonds. The summed E-state index contributed by atoms with van der Waals surface area (Å²) in [5.74, 6) is 1.47. The number of aromatic nitrogens is 2. The molecule has 0 bridgehead atoms. The van der Waals surface area contributed by atoms with Gasteiger partial charge in [-0.05, 0) is 25.3 Å². The first-order valence-electron chi connectivity index (χ1n) is 5.78. The lowest BCUT2D eigenvalue weighted by molar-refractivity contribution is 0.581. The molecule has 0 unspecified atom stereocenters. The van der Waals surface area contributed by atoms with Gasteiger partial charge >= 0.3 is 0 Å². The molecule has 0 atom stereocenters. The van der Waals surface area contributed by atoms with Gasteiger partial charge in [0.25, 0.3) is 0 Å². The maximum absolute atomic E-state index is 5.60. The fourth-order valence-electron chi connectivity index (χ4n) is 1.44. The Bertz CT molecular complexity index is 336. The summed E-state index contributed by atoms with van der Waals surface area (Å²) in [5.41, 5.74) is 7.48. The molecule has 1 aromatic rings. The van der Waals surface area contributed by atoms with E-state index >= 15 is 0 Å². The molecule has 2 N–H and O–H groups in total. The van der Waals surface area contributed by atoms with Gasteiger partial charge in [-0.15, -0.1) is 0 Å². The molecule has 0 spiro atoms. The van der Waals surface area contributed by atoms with Gasteiger partial charge in [0, 0.05) is 25.8 Å². The summed E-state index contributed by atoms with van der Waals surface area (Å²) < 4.78 is 0. The monoisotopic (exact) mass is 222 g/mol. The molecule has 1 rings (SSSR count). The number of nitrogens with two attached hydrogens (primary N) is 1. The molecule has 0 saturated heterocycles. The Morgan fingerprint density at radius 3 is 2.62 bits per heavy atom. The highest BCUT2D eigenvalue weighted by atomic mass is 15.2. The second kappa shape index (κ2) is 5.80. The van der Waals surface area contributed by atoms with Gasteiger partial charge in [0.05, 0.1) is 5.69 Å². The van der Waals surface area contributed by atoms with E-state index in [1.54, 1.807) is 0 Å². The van der Waals surface area contributed by atoms with Crippen molar-refractivity contribution in [1.82, 2.24) is 9.97 Å². The lowest BCUT2D eigenvalue weighted by Crippen LogP contribution is -2.23. The molecule has 0 aromatic carbocycles. The van der Waals surface area contributed by atoms with Gasteiger partial charge in [-0.2, -0.15) is 0 Å². The van der Waals surface area contributed by atoms with Crippen molar-refractivity contribution in [2.45, 2.75) is 33.7 Å². The van der Waals surface area contributed by atoms with Crippen molar-refractivity contribution in [2.75, 3.05) is 18.5 Å². The van der Waals surface area contributed by atoms with E-state index in [0.29, 0.717) is 12.5 Å². The quantitative estimate of drug-likeness (QED) is 0.824. The van der Waals surface area contributed by atoms with Gasteiger partial charge in [0.15, 0.2) is 0 Å². The summed E-state index contributed by atoms with van der Waals surface area (Å²) in [6, 6.07) is 1.93. The highest BCUT2D eigenvalue weighted by Gasteiger charge is 2.07. The van der Waals surface area contributed by atoms with Crippen LogP contribution in [0.25, 0.3) is 0 Å². The van der Waals surface area contributed by atoms with E-state index in [9.17, 15) is 0 Å². The van der Waals surface area contributed by atoms with Crippen LogP contribution in [-0.2, 0) is 6.54 Å². The third-order valence-corrected chi connectivity index (χ3v) is 2.49. The smallest absolute Gasteiger partial charge is 0.225 e. The van der Waals surface area contributed by atoms with Crippen LogP contribution in [0.3, 0.4) is 0 Å². The summed E-state index contributed by atoms with van der Waals surface area (Å²) in [7, 11) is 2.03. The van der Waals surface area contributed by atoms with Crippen molar-refractivity contribution in [2.24, 2.45) is 11.7 Å². The third kappa shape index (κ3) is 3.77. The molecule has 4 nitrogen and oxygen atoms in total. The molecule has 1 aromatic heterocycles.